The summed E-state index contributed by atoms with van der Waals surface area (Å²) < 4.78 is 1.83. The van der Waals surface area contributed by atoms with E-state index in [-0.39, 0.29) is 12.5 Å². The second kappa shape index (κ2) is 6.56. The van der Waals surface area contributed by atoms with Gasteiger partial charge in [0.2, 0.25) is 5.91 Å². The quantitative estimate of drug-likeness (QED) is 0.733. The number of aromatic nitrogens is 1. The Hall–Kier alpha value is -2.48. The summed E-state index contributed by atoms with van der Waals surface area (Å²) in [5, 5.41) is 13.9. The van der Waals surface area contributed by atoms with Crippen LogP contribution in [0.25, 0.3) is 10.9 Å². The summed E-state index contributed by atoms with van der Waals surface area (Å²) >= 11 is 11.9. The predicted molar refractivity (Wildman–Crippen MR) is 96.5 cm³/mol. The van der Waals surface area contributed by atoms with Crippen molar-refractivity contribution in [1.29, 1.82) is 5.26 Å². The number of hydrogen-bond donors (Lipinski definition) is 1. The van der Waals surface area contributed by atoms with Crippen LogP contribution in [0.4, 0.5) is 5.69 Å². The maximum absolute atomic E-state index is 12.4. The van der Waals surface area contributed by atoms with Crippen LogP contribution in [0.15, 0.2) is 42.5 Å². The highest BCUT2D eigenvalue weighted by Crippen LogP contribution is 2.26. The van der Waals surface area contributed by atoms with Crippen molar-refractivity contribution < 1.29 is 4.79 Å². The third-order valence-corrected chi connectivity index (χ3v) is 4.23. The highest BCUT2D eigenvalue weighted by atomic mass is 35.5. The molecule has 120 valence electrons. The lowest BCUT2D eigenvalue weighted by Gasteiger charge is -2.10. The van der Waals surface area contributed by atoms with Crippen molar-refractivity contribution in [3.8, 4) is 6.07 Å². The zero-order chi connectivity index (χ0) is 17.3. The minimum absolute atomic E-state index is 0.0954. The fourth-order valence-corrected chi connectivity index (χ4v) is 3.27. The Morgan fingerprint density at radius 1 is 1.21 bits per heavy atom. The summed E-state index contributed by atoms with van der Waals surface area (Å²) in [5.74, 6) is -0.221. The number of anilines is 1. The molecule has 0 aliphatic carbocycles. The molecule has 0 saturated heterocycles. The maximum atomic E-state index is 12.4. The van der Waals surface area contributed by atoms with E-state index in [0.29, 0.717) is 21.3 Å². The van der Waals surface area contributed by atoms with Gasteiger partial charge in [0.05, 0.1) is 11.1 Å². The molecule has 0 atom stereocenters. The first-order valence-corrected chi connectivity index (χ1v) is 7.99. The molecule has 0 spiro atoms. The number of nitrogens with one attached hydrogen (secondary N) is 1. The summed E-state index contributed by atoms with van der Waals surface area (Å²) in [7, 11) is 0. The molecule has 4 nitrogen and oxygen atoms in total. The molecule has 1 aromatic heterocycles. The normalized spacial score (nSPS) is 10.6. The highest BCUT2D eigenvalue weighted by molar-refractivity contribution is 6.35. The van der Waals surface area contributed by atoms with Gasteiger partial charge in [-0.05, 0) is 31.2 Å². The van der Waals surface area contributed by atoms with Crippen LogP contribution in [0.3, 0.4) is 0 Å². The lowest BCUT2D eigenvalue weighted by Crippen LogP contribution is -2.19. The molecule has 0 radical (unpaired) electrons. The van der Waals surface area contributed by atoms with Gasteiger partial charge in [-0.15, -0.1) is 0 Å². The van der Waals surface area contributed by atoms with Gasteiger partial charge in [-0.25, -0.2) is 0 Å². The Morgan fingerprint density at radius 3 is 2.54 bits per heavy atom. The fourth-order valence-electron chi connectivity index (χ4n) is 2.75. The van der Waals surface area contributed by atoms with Crippen molar-refractivity contribution in [2.45, 2.75) is 13.5 Å². The number of halogens is 2. The Balaban J connectivity index is 1.91. The van der Waals surface area contributed by atoms with Crippen LogP contribution >= 0.6 is 23.2 Å². The first kappa shape index (κ1) is 16.4. The predicted octanol–water partition coefficient (Wildman–Crippen LogP) is 4.77. The number of amides is 1. The molecule has 0 aliphatic heterocycles. The molecule has 0 fully saturated rings. The number of fused-ring (bicyclic) bond motifs is 1. The third-order valence-electron chi connectivity index (χ3n) is 3.79. The molecule has 0 aliphatic rings. The van der Waals surface area contributed by atoms with Crippen molar-refractivity contribution in [1.82, 2.24) is 4.57 Å². The first-order valence-electron chi connectivity index (χ1n) is 7.23. The van der Waals surface area contributed by atoms with Crippen LogP contribution in [-0.4, -0.2) is 10.5 Å². The summed E-state index contributed by atoms with van der Waals surface area (Å²) in [6.07, 6.45) is 0. The number of carbonyl (C=O) groups is 1. The molecule has 0 saturated carbocycles. The van der Waals surface area contributed by atoms with E-state index in [1.807, 2.05) is 35.8 Å². The summed E-state index contributed by atoms with van der Waals surface area (Å²) in [5.41, 5.74) is 2.74. The number of nitrogens with zero attached hydrogens (tertiary/aromatic N) is 2. The largest absolute Gasteiger partial charge is 0.334 e. The lowest BCUT2D eigenvalue weighted by atomic mass is 10.1. The van der Waals surface area contributed by atoms with Gasteiger partial charge < -0.3 is 9.88 Å². The van der Waals surface area contributed by atoms with Gasteiger partial charge in [0.25, 0.3) is 0 Å². The average molecular weight is 358 g/mol. The van der Waals surface area contributed by atoms with Crippen molar-refractivity contribution in [2.24, 2.45) is 0 Å². The molecule has 0 unspecified atom stereocenters. The van der Waals surface area contributed by atoms with E-state index in [1.54, 1.807) is 18.2 Å². The van der Waals surface area contributed by atoms with Crippen LogP contribution in [0.1, 0.15) is 11.3 Å². The smallest absolute Gasteiger partial charge is 0.244 e. The standard InChI is InChI=1S/C18H13Cl2N3O/c1-11-16(9-21)15-4-2-3-5-17(15)23(11)10-18(24)22-14-7-12(19)6-13(20)8-14/h2-8H,10H2,1H3,(H,22,24). The molecule has 1 heterocycles. The van der Waals surface area contributed by atoms with Crippen LogP contribution in [-0.2, 0) is 11.3 Å². The minimum atomic E-state index is -0.221. The van der Waals surface area contributed by atoms with E-state index in [0.717, 1.165) is 16.6 Å². The van der Waals surface area contributed by atoms with Gasteiger partial charge in [0, 0.05) is 26.8 Å². The molecule has 1 amide bonds. The first-order chi connectivity index (χ1) is 11.5. The zero-order valence-corrected chi connectivity index (χ0v) is 14.3. The second-order valence-corrected chi connectivity index (χ2v) is 6.25. The lowest BCUT2D eigenvalue weighted by molar-refractivity contribution is -0.116. The summed E-state index contributed by atoms with van der Waals surface area (Å²) in [6.45, 7) is 1.93. The fraction of sp³-hybridized carbons (Fsp3) is 0.111. The van der Waals surface area contributed by atoms with Crippen molar-refractivity contribution in [3.63, 3.8) is 0 Å². The molecular weight excluding hydrogens is 345 g/mol. The summed E-state index contributed by atoms with van der Waals surface area (Å²) in [4.78, 5) is 12.4. The number of para-hydroxylation sites is 1. The number of hydrogen-bond acceptors (Lipinski definition) is 2. The molecule has 3 rings (SSSR count). The van der Waals surface area contributed by atoms with Gasteiger partial charge in [-0.3, -0.25) is 4.79 Å². The van der Waals surface area contributed by atoms with E-state index >= 15 is 0 Å². The van der Waals surface area contributed by atoms with Crippen LogP contribution in [0, 0.1) is 18.3 Å². The van der Waals surface area contributed by atoms with E-state index in [9.17, 15) is 10.1 Å². The second-order valence-electron chi connectivity index (χ2n) is 5.38. The van der Waals surface area contributed by atoms with E-state index in [4.69, 9.17) is 23.2 Å². The van der Waals surface area contributed by atoms with Gasteiger partial charge in [-0.1, -0.05) is 41.4 Å². The van der Waals surface area contributed by atoms with Gasteiger partial charge in [-0.2, -0.15) is 5.26 Å². The number of rotatable bonds is 3. The molecule has 2 aromatic carbocycles. The van der Waals surface area contributed by atoms with Crippen LogP contribution in [0.2, 0.25) is 10.0 Å². The van der Waals surface area contributed by atoms with E-state index in [2.05, 4.69) is 11.4 Å². The molecular formula is C18H13Cl2N3O. The monoisotopic (exact) mass is 357 g/mol. The van der Waals surface area contributed by atoms with Crippen molar-refractivity contribution >= 4 is 45.7 Å². The average Bonchev–Trinajstić information content (AvgIpc) is 2.78. The SMILES string of the molecule is Cc1c(C#N)c2ccccc2n1CC(=O)Nc1cc(Cl)cc(Cl)c1. The summed E-state index contributed by atoms with van der Waals surface area (Å²) in [6, 6.07) is 14.6. The van der Waals surface area contributed by atoms with Crippen LogP contribution in [0.5, 0.6) is 0 Å². The Labute approximate surface area is 149 Å². The van der Waals surface area contributed by atoms with Gasteiger partial charge in [0.1, 0.15) is 12.6 Å². The third kappa shape index (κ3) is 3.09. The molecule has 6 heteroatoms. The molecule has 24 heavy (non-hydrogen) atoms. The Kier molecular flexibility index (Phi) is 4.48. The van der Waals surface area contributed by atoms with Crippen molar-refractivity contribution in [3.05, 3.63) is 63.8 Å². The van der Waals surface area contributed by atoms with Crippen LogP contribution < -0.4 is 5.32 Å². The van der Waals surface area contributed by atoms with Gasteiger partial charge in [0.15, 0.2) is 0 Å². The molecule has 1 N–H and O–H groups in total. The van der Waals surface area contributed by atoms with Gasteiger partial charge >= 0.3 is 0 Å². The number of nitriles is 1. The van der Waals surface area contributed by atoms with E-state index < -0.39 is 0 Å². The number of carbonyl (C=O) groups excluding carboxylic acids is 1. The Bertz CT molecular complexity index is 966. The van der Waals surface area contributed by atoms with Crippen molar-refractivity contribution in [2.75, 3.05) is 5.32 Å². The maximum Gasteiger partial charge on any atom is 0.244 e. The molecule has 3 aromatic rings. The topological polar surface area (TPSA) is 57.8 Å². The zero-order valence-electron chi connectivity index (χ0n) is 12.8. The Morgan fingerprint density at radius 2 is 1.88 bits per heavy atom. The highest BCUT2D eigenvalue weighted by Gasteiger charge is 2.15. The molecule has 0 bridgehead atoms. The van der Waals surface area contributed by atoms with E-state index in [1.165, 1.54) is 0 Å². The number of benzene rings is 2. The minimum Gasteiger partial charge on any atom is -0.334 e.